The average molecular weight is 337 g/mol. The number of anilines is 1. The maximum Gasteiger partial charge on any atom is 0.221 e. The lowest BCUT2D eigenvalue weighted by molar-refractivity contribution is -0.109. The summed E-state index contributed by atoms with van der Waals surface area (Å²) in [5.74, 6) is 5.04. The molecule has 0 atom stereocenters. The van der Waals surface area contributed by atoms with Crippen molar-refractivity contribution in [2.45, 2.75) is 20.0 Å². The number of nitrogens with zero attached hydrogens (tertiary/aromatic N) is 1. The molecule has 0 aliphatic rings. The summed E-state index contributed by atoms with van der Waals surface area (Å²) in [5.41, 5.74) is 4.68. The van der Waals surface area contributed by atoms with Crippen LogP contribution in [0.25, 0.3) is 0 Å². The van der Waals surface area contributed by atoms with Crippen molar-refractivity contribution in [3.8, 4) is 5.88 Å². The first-order valence-corrected chi connectivity index (χ1v) is 7.47. The van der Waals surface area contributed by atoms with Crippen LogP contribution in [0.15, 0.2) is 36.4 Å². The normalized spacial score (nSPS) is 9.39. The average Bonchev–Trinajstić information content (AvgIpc) is 2.60. The zero-order valence-electron chi connectivity index (χ0n) is 13.2. The third-order valence-corrected chi connectivity index (χ3v) is 3.32. The van der Waals surface area contributed by atoms with Gasteiger partial charge in [0.05, 0.1) is 0 Å². The van der Waals surface area contributed by atoms with Crippen LogP contribution >= 0.6 is 11.6 Å². The zero-order valence-corrected chi connectivity index (χ0v) is 13.9. The lowest BCUT2D eigenvalue weighted by atomic mass is 10.2. The minimum Gasteiger partial charge on any atom is -0.473 e. The fourth-order valence-electron chi connectivity index (χ4n) is 1.82. The zero-order chi connectivity index (χ0) is 17.1. The molecule has 0 aliphatic heterocycles. The van der Waals surface area contributed by atoms with Crippen LogP contribution in [0.2, 0.25) is 5.02 Å². The van der Waals surface area contributed by atoms with Gasteiger partial charge in [0, 0.05) is 35.1 Å². The van der Waals surface area contributed by atoms with Gasteiger partial charge in [0.2, 0.25) is 12.3 Å². The Bertz CT molecular complexity index is 623. The molecule has 0 saturated carbocycles. The summed E-state index contributed by atoms with van der Waals surface area (Å²) in [6.07, 6.45) is 1.30. The van der Waals surface area contributed by atoms with Crippen molar-refractivity contribution >= 4 is 23.7 Å². The number of carbonyl (C=O) groups is 1. The molecule has 0 fully saturated rings. The molecule has 0 spiro atoms. The predicted octanol–water partition coefficient (Wildman–Crippen LogP) is 2.52. The number of pyridine rings is 1. The Morgan fingerprint density at radius 1 is 1.30 bits per heavy atom. The molecule has 0 bridgehead atoms. The Morgan fingerprint density at radius 3 is 2.61 bits per heavy atom. The van der Waals surface area contributed by atoms with E-state index in [1.54, 1.807) is 5.43 Å². The maximum absolute atomic E-state index is 8.94. The second-order valence-electron chi connectivity index (χ2n) is 4.41. The summed E-state index contributed by atoms with van der Waals surface area (Å²) >= 11 is 6.19. The van der Waals surface area contributed by atoms with E-state index in [1.807, 2.05) is 43.4 Å². The van der Waals surface area contributed by atoms with Gasteiger partial charge in [-0.2, -0.15) is 0 Å². The molecule has 4 N–H and O–H groups in total. The molecule has 1 aromatic heterocycles. The Morgan fingerprint density at radius 2 is 2.00 bits per heavy atom. The molecule has 1 amide bonds. The second-order valence-corrected chi connectivity index (χ2v) is 4.82. The molecule has 0 aliphatic carbocycles. The molecule has 23 heavy (non-hydrogen) atoms. The molecule has 0 saturated heterocycles. The molecule has 0 unspecified atom stereocenters. The third kappa shape index (κ3) is 6.14. The topological polar surface area (TPSA) is 89.3 Å². The van der Waals surface area contributed by atoms with E-state index in [1.165, 1.54) is 0 Å². The predicted molar refractivity (Wildman–Crippen MR) is 92.3 cm³/mol. The minimum atomic E-state index is 0.399. The van der Waals surface area contributed by atoms with Crippen molar-refractivity contribution in [1.82, 2.24) is 10.4 Å². The number of hydrogen-bond acceptors (Lipinski definition) is 5. The van der Waals surface area contributed by atoms with Gasteiger partial charge >= 0.3 is 0 Å². The highest BCUT2D eigenvalue weighted by molar-refractivity contribution is 6.31. The molecular formula is C16H21ClN4O2. The number of nitrogens with one attached hydrogen (secondary N) is 2. The molecule has 0 radical (unpaired) electrons. The van der Waals surface area contributed by atoms with Crippen LogP contribution in [0.3, 0.4) is 0 Å². The van der Waals surface area contributed by atoms with Gasteiger partial charge in [-0.3, -0.25) is 10.2 Å². The molecule has 124 valence electrons. The summed E-state index contributed by atoms with van der Waals surface area (Å²) in [5, 5.41) is 3.80. The fraction of sp³-hybridized carbons (Fsp3) is 0.250. The van der Waals surface area contributed by atoms with E-state index in [9.17, 15) is 0 Å². The first kappa shape index (κ1) is 18.7. The fourth-order valence-corrected chi connectivity index (χ4v) is 2.05. The first-order valence-electron chi connectivity index (χ1n) is 7.09. The Hall–Kier alpha value is -2.31. The largest absolute Gasteiger partial charge is 0.473 e. The van der Waals surface area contributed by atoms with Crippen LogP contribution in [0.4, 0.5) is 5.69 Å². The standard InChI is InChI=1S/C15H17ClN2O.CH4N2O/c1-3-11-6-4-9-15(18-11)19-10-12-13(16)7-5-8-14(12)17-2;2-3-1-4/h4-9,17H,3,10H2,1-2H3;1H,2H2,(H,3,4). The van der Waals surface area contributed by atoms with Crippen molar-refractivity contribution in [1.29, 1.82) is 0 Å². The van der Waals surface area contributed by atoms with Crippen molar-refractivity contribution in [3.63, 3.8) is 0 Å². The van der Waals surface area contributed by atoms with E-state index in [4.69, 9.17) is 21.1 Å². The van der Waals surface area contributed by atoms with Gasteiger partial charge in [-0.25, -0.2) is 10.8 Å². The number of aromatic nitrogens is 1. The number of carbonyl (C=O) groups excluding carboxylic acids is 1. The number of ether oxygens (including phenoxy) is 1. The van der Waals surface area contributed by atoms with Crippen molar-refractivity contribution in [2.75, 3.05) is 12.4 Å². The monoisotopic (exact) mass is 336 g/mol. The molecular weight excluding hydrogens is 316 g/mol. The molecule has 1 aromatic carbocycles. The van der Waals surface area contributed by atoms with Gasteiger partial charge in [0.1, 0.15) is 6.61 Å². The van der Waals surface area contributed by atoms with E-state index in [2.05, 4.69) is 23.1 Å². The molecule has 1 heterocycles. The van der Waals surface area contributed by atoms with Crippen LogP contribution in [0.5, 0.6) is 5.88 Å². The van der Waals surface area contributed by atoms with Gasteiger partial charge < -0.3 is 10.1 Å². The van der Waals surface area contributed by atoms with Gasteiger partial charge in [-0.15, -0.1) is 0 Å². The van der Waals surface area contributed by atoms with Gasteiger partial charge in [-0.05, 0) is 24.6 Å². The van der Waals surface area contributed by atoms with Gasteiger partial charge in [0.25, 0.3) is 0 Å². The van der Waals surface area contributed by atoms with Gasteiger partial charge in [-0.1, -0.05) is 30.7 Å². The van der Waals surface area contributed by atoms with Gasteiger partial charge in [0.15, 0.2) is 0 Å². The number of rotatable bonds is 6. The molecule has 7 heteroatoms. The Balaban J connectivity index is 0.000000593. The quantitative estimate of drug-likeness (QED) is 0.326. The minimum absolute atomic E-state index is 0.399. The van der Waals surface area contributed by atoms with Crippen molar-refractivity contribution in [3.05, 3.63) is 52.7 Å². The van der Waals surface area contributed by atoms with E-state index >= 15 is 0 Å². The number of hydrazine groups is 1. The highest BCUT2D eigenvalue weighted by Gasteiger charge is 2.07. The Kier molecular flexibility index (Phi) is 8.49. The number of aryl methyl sites for hydroxylation is 1. The van der Waals surface area contributed by atoms with Crippen molar-refractivity contribution in [2.24, 2.45) is 5.84 Å². The lowest BCUT2D eigenvalue weighted by Gasteiger charge is -2.12. The molecule has 2 rings (SSSR count). The summed E-state index contributed by atoms with van der Waals surface area (Å²) in [6.45, 7) is 2.47. The van der Waals surface area contributed by atoms with E-state index in [0.717, 1.165) is 23.4 Å². The summed E-state index contributed by atoms with van der Waals surface area (Å²) < 4.78 is 5.72. The number of benzene rings is 1. The number of halogens is 1. The van der Waals surface area contributed by atoms with Crippen LogP contribution in [-0.2, 0) is 17.8 Å². The highest BCUT2D eigenvalue weighted by Crippen LogP contribution is 2.25. The molecule has 2 aromatic rings. The third-order valence-electron chi connectivity index (χ3n) is 2.96. The van der Waals surface area contributed by atoms with Crippen LogP contribution < -0.4 is 21.3 Å². The second kappa shape index (κ2) is 10.4. The van der Waals surface area contributed by atoms with Crippen molar-refractivity contribution < 1.29 is 9.53 Å². The number of hydrogen-bond donors (Lipinski definition) is 3. The van der Waals surface area contributed by atoms with Crippen LogP contribution in [0.1, 0.15) is 18.2 Å². The maximum atomic E-state index is 8.94. The molecule has 6 nitrogen and oxygen atoms in total. The smallest absolute Gasteiger partial charge is 0.221 e. The number of nitrogens with two attached hydrogens (primary N) is 1. The summed E-state index contributed by atoms with van der Waals surface area (Å²) in [4.78, 5) is 13.3. The number of amides is 1. The van der Waals surface area contributed by atoms with E-state index in [0.29, 0.717) is 23.9 Å². The SMILES string of the molecule is CCc1cccc(OCc2c(Cl)cccc2NC)n1.NNC=O. The van der Waals surface area contributed by atoms with Crippen LogP contribution in [0, 0.1) is 0 Å². The van der Waals surface area contributed by atoms with E-state index < -0.39 is 0 Å². The summed E-state index contributed by atoms with van der Waals surface area (Å²) in [6, 6.07) is 11.5. The highest BCUT2D eigenvalue weighted by atomic mass is 35.5. The van der Waals surface area contributed by atoms with E-state index in [-0.39, 0.29) is 0 Å². The van der Waals surface area contributed by atoms with Crippen LogP contribution in [-0.4, -0.2) is 18.4 Å². The lowest BCUT2D eigenvalue weighted by Crippen LogP contribution is -2.18. The Labute approximate surface area is 141 Å². The summed E-state index contributed by atoms with van der Waals surface area (Å²) in [7, 11) is 1.87. The first-order chi connectivity index (χ1) is 11.2.